The van der Waals surface area contributed by atoms with E-state index in [0.717, 1.165) is 0 Å². The molecule has 0 saturated carbocycles. The van der Waals surface area contributed by atoms with Gasteiger partial charge in [-0.15, -0.1) is 6.58 Å². The molecule has 0 spiro atoms. The second-order valence-corrected chi connectivity index (χ2v) is 4.55. The SMILES string of the molecule is C=CCOC[C@@H](O)Cn1c(N)nc2c1c(=O)[nH]c(=O)n2C. The predicted molar refractivity (Wildman–Crippen MR) is 77.0 cm³/mol. The number of nitrogens with zero attached hydrogens (tertiary/aromatic N) is 3. The number of aromatic nitrogens is 4. The molecule has 21 heavy (non-hydrogen) atoms. The Kier molecular flexibility index (Phi) is 4.24. The van der Waals surface area contributed by atoms with Gasteiger partial charge in [0, 0.05) is 7.05 Å². The van der Waals surface area contributed by atoms with Gasteiger partial charge in [-0.25, -0.2) is 4.79 Å². The van der Waals surface area contributed by atoms with E-state index < -0.39 is 17.4 Å². The standard InChI is InChI=1S/C12H17N5O4/c1-3-4-21-6-7(18)5-17-8-9(14-11(17)13)16(2)12(20)15-10(8)19/h3,7,18H,1,4-6H2,2H3,(H2,13,14)(H,15,19,20)/t7-/m0/s1. The van der Waals surface area contributed by atoms with Crippen molar-refractivity contribution >= 4 is 17.1 Å². The Morgan fingerprint density at radius 3 is 2.95 bits per heavy atom. The van der Waals surface area contributed by atoms with Gasteiger partial charge in [0.1, 0.15) is 0 Å². The van der Waals surface area contributed by atoms with E-state index in [-0.39, 0.29) is 30.3 Å². The molecule has 0 aliphatic carbocycles. The summed E-state index contributed by atoms with van der Waals surface area (Å²) in [6.07, 6.45) is 0.690. The van der Waals surface area contributed by atoms with Crippen LogP contribution in [0.4, 0.5) is 5.95 Å². The van der Waals surface area contributed by atoms with Crippen LogP contribution in [0.1, 0.15) is 0 Å². The molecular formula is C12H17N5O4. The zero-order chi connectivity index (χ0) is 15.6. The van der Waals surface area contributed by atoms with Crippen LogP contribution >= 0.6 is 0 Å². The third-order valence-electron chi connectivity index (χ3n) is 2.98. The number of anilines is 1. The molecule has 9 heteroatoms. The van der Waals surface area contributed by atoms with Crippen LogP contribution in [-0.2, 0) is 18.3 Å². The Morgan fingerprint density at radius 2 is 2.29 bits per heavy atom. The molecule has 1 atom stereocenters. The normalized spacial score (nSPS) is 12.7. The van der Waals surface area contributed by atoms with Gasteiger partial charge in [0.2, 0.25) is 5.95 Å². The van der Waals surface area contributed by atoms with Crippen LogP contribution in [0.2, 0.25) is 0 Å². The number of imidazole rings is 1. The van der Waals surface area contributed by atoms with E-state index in [1.165, 1.54) is 16.2 Å². The fourth-order valence-electron chi connectivity index (χ4n) is 1.99. The van der Waals surface area contributed by atoms with Crippen LogP contribution in [0.3, 0.4) is 0 Å². The Hall–Kier alpha value is -2.39. The van der Waals surface area contributed by atoms with E-state index in [1.807, 2.05) is 0 Å². The van der Waals surface area contributed by atoms with Crippen LogP contribution < -0.4 is 17.0 Å². The Balaban J connectivity index is 2.38. The van der Waals surface area contributed by atoms with Gasteiger partial charge in [-0.1, -0.05) is 6.08 Å². The van der Waals surface area contributed by atoms with Crippen molar-refractivity contribution in [1.29, 1.82) is 0 Å². The summed E-state index contributed by atoms with van der Waals surface area (Å²) in [6, 6.07) is 0. The van der Waals surface area contributed by atoms with Gasteiger partial charge in [-0.05, 0) is 0 Å². The van der Waals surface area contributed by atoms with E-state index in [0.29, 0.717) is 6.61 Å². The minimum atomic E-state index is -0.874. The summed E-state index contributed by atoms with van der Waals surface area (Å²) in [5, 5.41) is 9.90. The van der Waals surface area contributed by atoms with Gasteiger partial charge in [0.25, 0.3) is 5.56 Å². The average molecular weight is 295 g/mol. The van der Waals surface area contributed by atoms with Crippen molar-refractivity contribution in [3.05, 3.63) is 33.5 Å². The Morgan fingerprint density at radius 1 is 1.57 bits per heavy atom. The first-order valence-electron chi connectivity index (χ1n) is 6.27. The van der Waals surface area contributed by atoms with Crippen molar-refractivity contribution < 1.29 is 9.84 Å². The molecule has 0 saturated heterocycles. The van der Waals surface area contributed by atoms with Gasteiger partial charge in [0.05, 0.1) is 25.9 Å². The second-order valence-electron chi connectivity index (χ2n) is 4.55. The number of rotatable bonds is 6. The number of hydrogen-bond donors (Lipinski definition) is 3. The number of fused-ring (bicyclic) bond motifs is 1. The lowest BCUT2D eigenvalue weighted by molar-refractivity contribution is 0.0405. The van der Waals surface area contributed by atoms with E-state index in [1.54, 1.807) is 6.08 Å². The molecule has 2 rings (SSSR count). The fraction of sp³-hybridized carbons (Fsp3) is 0.417. The van der Waals surface area contributed by atoms with Gasteiger partial charge < -0.3 is 20.1 Å². The van der Waals surface area contributed by atoms with Crippen molar-refractivity contribution in [2.75, 3.05) is 18.9 Å². The topological polar surface area (TPSA) is 128 Å². The van der Waals surface area contributed by atoms with Crippen molar-refractivity contribution in [2.45, 2.75) is 12.6 Å². The lowest BCUT2D eigenvalue weighted by atomic mass is 10.3. The second kappa shape index (κ2) is 5.94. The average Bonchev–Trinajstić information content (AvgIpc) is 2.74. The monoisotopic (exact) mass is 295 g/mol. The molecular weight excluding hydrogens is 278 g/mol. The minimum Gasteiger partial charge on any atom is -0.389 e. The maximum Gasteiger partial charge on any atom is 0.329 e. The molecule has 0 radical (unpaired) electrons. The van der Waals surface area contributed by atoms with Gasteiger partial charge in [0.15, 0.2) is 11.2 Å². The highest BCUT2D eigenvalue weighted by Gasteiger charge is 2.17. The third kappa shape index (κ3) is 2.88. The number of hydrogen-bond acceptors (Lipinski definition) is 6. The largest absolute Gasteiger partial charge is 0.389 e. The highest BCUT2D eigenvalue weighted by molar-refractivity contribution is 5.73. The van der Waals surface area contributed by atoms with Crippen LogP contribution in [0.15, 0.2) is 22.2 Å². The minimum absolute atomic E-state index is 0.0285. The lowest BCUT2D eigenvalue weighted by Crippen LogP contribution is -2.30. The highest BCUT2D eigenvalue weighted by atomic mass is 16.5. The maximum absolute atomic E-state index is 11.9. The number of nitrogens with two attached hydrogens (primary N) is 1. The molecule has 0 unspecified atom stereocenters. The molecule has 2 aromatic heterocycles. The molecule has 114 valence electrons. The lowest BCUT2D eigenvalue weighted by Gasteiger charge is -2.12. The first-order valence-corrected chi connectivity index (χ1v) is 6.27. The van der Waals surface area contributed by atoms with E-state index in [4.69, 9.17) is 10.5 Å². The summed E-state index contributed by atoms with van der Waals surface area (Å²) in [5.41, 5.74) is 4.89. The molecule has 0 aromatic carbocycles. The fourth-order valence-corrected chi connectivity index (χ4v) is 1.99. The highest BCUT2D eigenvalue weighted by Crippen LogP contribution is 2.12. The molecule has 4 N–H and O–H groups in total. The van der Waals surface area contributed by atoms with Crippen molar-refractivity contribution in [2.24, 2.45) is 7.05 Å². The first-order chi connectivity index (χ1) is 9.95. The van der Waals surface area contributed by atoms with Crippen LogP contribution in [0.5, 0.6) is 0 Å². The van der Waals surface area contributed by atoms with E-state index in [2.05, 4.69) is 16.5 Å². The summed E-state index contributed by atoms with van der Waals surface area (Å²) < 4.78 is 7.68. The molecule has 2 heterocycles. The molecule has 0 aliphatic heterocycles. The molecule has 0 aliphatic rings. The maximum atomic E-state index is 11.9. The van der Waals surface area contributed by atoms with Crippen molar-refractivity contribution in [3.8, 4) is 0 Å². The zero-order valence-electron chi connectivity index (χ0n) is 11.6. The zero-order valence-corrected chi connectivity index (χ0v) is 11.6. The van der Waals surface area contributed by atoms with Crippen molar-refractivity contribution in [3.63, 3.8) is 0 Å². The van der Waals surface area contributed by atoms with Crippen molar-refractivity contribution in [1.82, 2.24) is 19.1 Å². The number of H-pyrrole nitrogens is 1. The third-order valence-corrected chi connectivity index (χ3v) is 2.98. The van der Waals surface area contributed by atoms with E-state index in [9.17, 15) is 14.7 Å². The Bertz CT molecular complexity index is 772. The number of ether oxygens (including phenoxy) is 1. The summed E-state index contributed by atoms with van der Waals surface area (Å²) in [4.78, 5) is 29.6. The summed E-state index contributed by atoms with van der Waals surface area (Å²) >= 11 is 0. The number of aryl methyl sites for hydroxylation is 1. The Labute approximate surface area is 119 Å². The predicted octanol–water partition coefficient (Wildman–Crippen LogP) is -1.43. The summed E-state index contributed by atoms with van der Waals surface area (Å²) in [7, 11) is 1.47. The number of aromatic amines is 1. The van der Waals surface area contributed by atoms with E-state index >= 15 is 0 Å². The molecule has 2 aromatic rings. The number of nitrogen functional groups attached to an aromatic ring is 1. The molecule has 0 fully saturated rings. The smallest absolute Gasteiger partial charge is 0.329 e. The van der Waals surface area contributed by atoms with Crippen LogP contribution in [0.25, 0.3) is 11.2 Å². The van der Waals surface area contributed by atoms with Gasteiger partial charge in [-0.2, -0.15) is 4.98 Å². The summed E-state index contributed by atoms with van der Waals surface area (Å²) in [6.45, 7) is 3.90. The summed E-state index contributed by atoms with van der Waals surface area (Å²) in [5.74, 6) is 0.0412. The molecule has 0 bridgehead atoms. The van der Waals surface area contributed by atoms with Crippen LogP contribution in [-0.4, -0.2) is 43.5 Å². The molecule has 0 amide bonds. The first kappa shape index (κ1) is 15.0. The number of nitrogens with one attached hydrogen (secondary N) is 1. The molecule has 9 nitrogen and oxygen atoms in total. The quantitative estimate of drug-likeness (QED) is 0.443. The van der Waals surface area contributed by atoms with Crippen LogP contribution in [0, 0.1) is 0 Å². The number of aliphatic hydroxyl groups excluding tert-OH is 1. The van der Waals surface area contributed by atoms with Gasteiger partial charge in [-0.3, -0.25) is 14.3 Å². The van der Waals surface area contributed by atoms with Gasteiger partial charge >= 0.3 is 5.69 Å². The number of aliphatic hydroxyl groups is 1.